The maximum Gasteiger partial charge on any atom is 0.162 e. The average Bonchev–Trinajstić information content (AvgIpc) is 2.67. The maximum absolute atomic E-state index is 10.8. The van der Waals surface area contributed by atoms with Gasteiger partial charge in [-0.25, -0.2) is 0 Å². The standard InChI is InChI=1S/C15H20O3/c1-17-14-9-8-12(11-16)10-15(14)18-13-6-4-2-3-5-7-13/h8-11,13H,2-7H2,1H3. The van der Waals surface area contributed by atoms with E-state index in [0.717, 1.165) is 19.1 Å². The van der Waals surface area contributed by atoms with Crippen molar-refractivity contribution in [3.63, 3.8) is 0 Å². The number of methoxy groups -OCH3 is 1. The summed E-state index contributed by atoms with van der Waals surface area (Å²) < 4.78 is 11.3. The van der Waals surface area contributed by atoms with Gasteiger partial charge in [-0.05, 0) is 43.9 Å². The Morgan fingerprint density at radius 2 is 1.83 bits per heavy atom. The number of aldehydes is 1. The van der Waals surface area contributed by atoms with Crippen LogP contribution in [-0.4, -0.2) is 19.5 Å². The first-order valence-corrected chi connectivity index (χ1v) is 6.63. The van der Waals surface area contributed by atoms with Crippen molar-refractivity contribution in [2.75, 3.05) is 7.11 Å². The molecule has 98 valence electrons. The van der Waals surface area contributed by atoms with Crippen LogP contribution in [0.15, 0.2) is 18.2 Å². The first-order valence-electron chi connectivity index (χ1n) is 6.63. The van der Waals surface area contributed by atoms with Gasteiger partial charge in [0.25, 0.3) is 0 Å². The van der Waals surface area contributed by atoms with Crippen LogP contribution in [-0.2, 0) is 0 Å². The minimum Gasteiger partial charge on any atom is -0.493 e. The summed E-state index contributed by atoms with van der Waals surface area (Å²) in [6.07, 6.45) is 8.31. The van der Waals surface area contributed by atoms with Crippen LogP contribution in [0.4, 0.5) is 0 Å². The first-order chi connectivity index (χ1) is 8.83. The van der Waals surface area contributed by atoms with Crippen LogP contribution < -0.4 is 9.47 Å². The Labute approximate surface area is 108 Å². The van der Waals surface area contributed by atoms with Crippen molar-refractivity contribution in [1.29, 1.82) is 0 Å². The molecule has 0 amide bonds. The minimum atomic E-state index is 0.253. The van der Waals surface area contributed by atoms with Crippen LogP contribution in [0.25, 0.3) is 0 Å². The van der Waals surface area contributed by atoms with E-state index in [1.54, 1.807) is 25.3 Å². The van der Waals surface area contributed by atoms with Gasteiger partial charge in [-0.15, -0.1) is 0 Å². The molecule has 3 heteroatoms. The van der Waals surface area contributed by atoms with Crippen LogP contribution in [0.2, 0.25) is 0 Å². The van der Waals surface area contributed by atoms with Gasteiger partial charge in [-0.3, -0.25) is 4.79 Å². The molecule has 1 saturated carbocycles. The third-order valence-corrected chi connectivity index (χ3v) is 3.42. The fourth-order valence-corrected chi connectivity index (χ4v) is 2.40. The molecule has 3 nitrogen and oxygen atoms in total. The number of ether oxygens (including phenoxy) is 2. The van der Waals surface area contributed by atoms with Crippen molar-refractivity contribution < 1.29 is 14.3 Å². The highest BCUT2D eigenvalue weighted by molar-refractivity contribution is 5.76. The summed E-state index contributed by atoms with van der Waals surface area (Å²) in [6.45, 7) is 0. The first kappa shape index (κ1) is 12.9. The zero-order valence-electron chi connectivity index (χ0n) is 10.9. The SMILES string of the molecule is COc1ccc(C=O)cc1OC1CCCCCC1. The summed E-state index contributed by atoms with van der Waals surface area (Å²) in [5.74, 6) is 1.39. The Morgan fingerprint density at radius 1 is 1.11 bits per heavy atom. The molecule has 0 atom stereocenters. The molecule has 0 heterocycles. The fourth-order valence-electron chi connectivity index (χ4n) is 2.40. The van der Waals surface area contributed by atoms with Gasteiger partial charge in [-0.1, -0.05) is 12.8 Å². The second kappa shape index (κ2) is 6.43. The van der Waals surface area contributed by atoms with E-state index in [4.69, 9.17) is 9.47 Å². The van der Waals surface area contributed by atoms with Crippen LogP contribution in [0.5, 0.6) is 11.5 Å². The lowest BCUT2D eigenvalue weighted by molar-refractivity contribution is 0.112. The van der Waals surface area contributed by atoms with Crippen molar-refractivity contribution in [1.82, 2.24) is 0 Å². The Hall–Kier alpha value is -1.51. The van der Waals surface area contributed by atoms with Crippen LogP contribution in [0.1, 0.15) is 48.9 Å². The summed E-state index contributed by atoms with van der Waals surface area (Å²) in [6, 6.07) is 5.29. The Bertz CT molecular complexity index is 393. The van der Waals surface area contributed by atoms with Gasteiger partial charge in [0.15, 0.2) is 11.5 Å². The molecule has 1 aliphatic rings. The van der Waals surface area contributed by atoms with Gasteiger partial charge in [0.2, 0.25) is 0 Å². The maximum atomic E-state index is 10.8. The molecule has 0 N–H and O–H groups in total. The van der Waals surface area contributed by atoms with Crippen LogP contribution in [0.3, 0.4) is 0 Å². The number of carbonyl (C=O) groups excluding carboxylic acids is 1. The number of rotatable bonds is 4. The average molecular weight is 248 g/mol. The highest BCUT2D eigenvalue weighted by atomic mass is 16.5. The summed E-state index contributed by atoms with van der Waals surface area (Å²) in [4.78, 5) is 10.8. The van der Waals surface area contributed by atoms with Gasteiger partial charge in [0.05, 0.1) is 13.2 Å². The van der Waals surface area contributed by atoms with E-state index in [2.05, 4.69) is 0 Å². The van der Waals surface area contributed by atoms with Crippen molar-refractivity contribution >= 4 is 6.29 Å². The van der Waals surface area contributed by atoms with Crippen molar-refractivity contribution in [2.24, 2.45) is 0 Å². The molecule has 0 bridgehead atoms. The molecule has 0 unspecified atom stereocenters. The van der Waals surface area contributed by atoms with Gasteiger partial charge in [-0.2, -0.15) is 0 Å². The van der Waals surface area contributed by atoms with Gasteiger partial charge < -0.3 is 9.47 Å². The summed E-state index contributed by atoms with van der Waals surface area (Å²) >= 11 is 0. The second-order valence-corrected chi connectivity index (χ2v) is 4.76. The van der Waals surface area contributed by atoms with Crippen molar-refractivity contribution in [3.05, 3.63) is 23.8 Å². The topological polar surface area (TPSA) is 35.5 Å². The molecule has 1 aromatic rings. The highest BCUT2D eigenvalue weighted by Crippen LogP contribution is 2.31. The quantitative estimate of drug-likeness (QED) is 0.603. The molecule has 0 aromatic heterocycles. The smallest absolute Gasteiger partial charge is 0.162 e. The minimum absolute atomic E-state index is 0.253. The number of carbonyl (C=O) groups is 1. The van der Waals surface area contributed by atoms with Gasteiger partial charge in [0, 0.05) is 5.56 Å². The third kappa shape index (κ3) is 3.25. The van der Waals surface area contributed by atoms with E-state index >= 15 is 0 Å². The summed E-state index contributed by atoms with van der Waals surface area (Å²) in [7, 11) is 1.62. The van der Waals surface area contributed by atoms with Crippen LogP contribution >= 0.6 is 0 Å². The van der Waals surface area contributed by atoms with Gasteiger partial charge >= 0.3 is 0 Å². The molecule has 18 heavy (non-hydrogen) atoms. The van der Waals surface area contributed by atoms with Crippen molar-refractivity contribution in [2.45, 2.75) is 44.6 Å². The monoisotopic (exact) mass is 248 g/mol. The Balaban J connectivity index is 2.12. The van der Waals surface area contributed by atoms with E-state index in [-0.39, 0.29) is 6.10 Å². The highest BCUT2D eigenvalue weighted by Gasteiger charge is 2.16. The normalized spacial score (nSPS) is 16.9. The molecule has 2 rings (SSSR count). The lowest BCUT2D eigenvalue weighted by Crippen LogP contribution is -2.15. The lowest BCUT2D eigenvalue weighted by Gasteiger charge is -2.19. The largest absolute Gasteiger partial charge is 0.493 e. The van der Waals surface area contributed by atoms with E-state index in [1.807, 2.05) is 0 Å². The summed E-state index contributed by atoms with van der Waals surface area (Å²) in [5, 5.41) is 0. The lowest BCUT2D eigenvalue weighted by atomic mass is 10.1. The summed E-state index contributed by atoms with van der Waals surface area (Å²) in [5.41, 5.74) is 0.624. The molecule has 1 aromatic carbocycles. The number of hydrogen-bond acceptors (Lipinski definition) is 3. The van der Waals surface area contributed by atoms with Gasteiger partial charge in [0.1, 0.15) is 6.29 Å². The molecule has 1 aliphatic carbocycles. The zero-order chi connectivity index (χ0) is 12.8. The van der Waals surface area contributed by atoms with E-state index in [1.165, 1.54) is 25.7 Å². The number of hydrogen-bond donors (Lipinski definition) is 0. The Kier molecular flexibility index (Phi) is 4.62. The van der Waals surface area contributed by atoms with E-state index in [0.29, 0.717) is 17.1 Å². The molecule has 1 fully saturated rings. The van der Waals surface area contributed by atoms with Crippen LogP contribution in [0, 0.1) is 0 Å². The third-order valence-electron chi connectivity index (χ3n) is 3.42. The molecular formula is C15H20O3. The fraction of sp³-hybridized carbons (Fsp3) is 0.533. The second-order valence-electron chi connectivity index (χ2n) is 4.76. The molecule has 0 radical (unpaired) electrons. The molecular weight excluding hydrogens is 228 g/mol. The van der Waals surface area contributed by atoms with E-state index < -0.39 is 0 Å². The number of benzene rings is 1. The predicted octanol–water partition coefficient (Wildman–Crippen LogP) is 3.61. The van der Waals surface area contributed by atoms with Crippen molar-refractivity contribution in [3.8, 4) is 11.5 Å². The molecule has 0 saturated heterocycles. The predicted molar refractivity (Wildman–Crippen MR) is 70.5 cm³/mol. The zero-order valence-corrected chi connectivity index (χ0v) is 10.9. The Morgan fingerprint density at radius 3 is 2.44 bits per heavy atom. The van der Waals surface area contributed by atoms with E-state index in [9.17, 15) is 4.79 Å². The molecule has 0 spiro atoms. The molecule has 0 aliphatic heterocycles.